The van der Waals surface area contributed by atoms with Crippen LogP contribution in [0.15, 0.2) is 22.7 Å². The van der Waals surface area contributed by atoms with Gasteiger partial charge in [-0.3, -0.25) is 14.5 Å². The third-order valence-electron chi connectivity index (χ3n) is 3.96. The molecule has 7 nitrogen and oxygen atoms in total. The number of urea groups is 1. The Labute approximate surface area is 148 Å². The monoisotopic (exact) mass is 398 g/mol. The van der Waals surface area contributed by atoms with Crippen molar-refractivity contribution >= 4 is 33.8 Å². The lowest BCUT2D eigenvalue weighted by Crippen LogP contribution is -2.43. The second-order valence-electron chi connectivity index (χ2n) is 5.64. The van der Waals surface area contributed by atoms with Crippen LogP contribution in [0.5, 0.6) is 5.75 Å². The Morgan fingerprint density at radius 3 is 2.62 bits per heavy atom. The molecule has 1 aliphatic heterocycles. The third-order valence-corrected chi connectivity index (χ3v) is 4.58. The van der Waals surface area contributed by atoms with Crippen LogP contribution >= 0.6 is 15.9 Å². The van der Waals surface area contributed by atoms with E-state index in [0.717, 1.165) is 14.9 Å². The van der Waals surface area contributed by atoms with Gasteiger partial charge in [0, 0.05) is 0 Å². The molecule has 1 saturated heterocycles. The second kappa shape index (κ2) is 7.21. The first kappa shape index (κ1) is 18.3. The average molecular weight is 399 g/mol. The minimum absolute atomic E-state index is 0.0378. The highest BCUT2D eigenvalue weighted by atomic mass is 79.9. The van der Waals surface area contributed by atoms with Gasteiger partial charge in [0.2, 0.25) is 0 Å². The van der Waals surface area contributed by atoms with Crippen LogP contribution in [0.25, 0.3) is 0 Å². The van der Waals surface area contributed by atoms with Gasteiger partial charge in [0.15, 0.2) is 0 Å². The van der Waals surface area contributed by atoms with Crippen LogP contribution in [0, 0.1) is 0 Å². The van der Waals surface area contributed by atoms with E-state index >= 15 is 0 Å². The summed E-state index contributed by atoms with van der Waals surface area (Å²) in [6.45, 7) is 3.06. The van der Waals surface area contributed by atoms with Crippen LogP contribution in [0.3, 0.4) is 0 Å². The number of carbonyl (C=O) groups is 3. The first-order valence-corrected chi connectivity index (χ1v) is 8.22. The molecular formula is C16H19BrN2O5. The minimum Gasteiger partial charge on any atom is -0.496 e. The van der Waals surface area contributed by atoms with Gasteiger partial charge in [0.05, 0.1) is 11.6 Å². The fraction of sp³-hybridized carbons (Fsp3) is 0.438. The van der Waals surface area contributed by atoms with Crippen molar-refractivity contribution in [3.8, 4) is 5.75 Å². The summed E-state index contributed by atoms with van der Waals surface area (Å²) in [5.74, 6) is -0.395. The number of imide groups is 1. The smallest absolute Gasteiger partial charge is 0.326 e. The first-order valence-electron chi connectivity index (χ1n) is 7.43. The van der Waals surface area contributed by atoms with Crippen LogP contribution in [-0.4, -0.2) is 42.0 Å². The zero-order valence-corrected chi connectivity index (χ0v) is 15.3. The molecule has 0 spiro atoms. The lowest BCUT2D eigenvalue weighted by molar-refractivity contribution is -0.148. The van der Waals surface area contributed by atoms with Gasteiger partial charge in [-0.2, -0.15) is 0 Å². The molecule has 1 heterocycles. The summed E-state index contributed by atoms with van der Waals surface area (Å²) in [5.41, 5.74) is -0.204. The molecule has 1 aliphatic rings. The third kappa shape index (κ3) is 3.69. The highest BCUT2D eigenvalue weighted by Crippen LogP contribution is 2.26. The van der Waals surface area contributed by atoms with Crippen molar-refractivity contribution in [1.82, 2.24) is 10.2 Å². The minimum atomic E-state index is -0.960. The van der Waals surface area contributed by atoms with Crippen molar-refractivity contribution in [2.24, 2.45) is 0 Å². The van der Waals surface area contributed by atoms with Gasteiger partial charge in [-0.05, 0) is 47.0 Å². The number of rotatable bonds is 6. The summed E-state index contributed by atoms with van der Waals surface area (Å²) >= 11 is 3.35. The van der Waals surface area contributed by atoms with Crippen molar-refractivity contribution in [3.05, 3.63) is 28.2 Å². The summed E-state index contributed by atoms with van der Waals surface area (Å²) in [6, 6.07) is 4.71. The van der Waals surface area contributed by atoms with Gasteiger partial charge >= 0.3 is 12.0 Å². The van der Waals surface area contributed by atoms with Crippen LogP contribution in [0.4, 0.5) is 4.79 Å². The number of hydrogen-bond donors (Lipinski definition) is 1. The van der Waals surface area contributed by atoms with Gasteiger partial charge in [-0.25, -0.2) is 4.79 Å². The van der Waals surface area contributed by atoms with Gasteiger partial charge in [0.1, 0.15) is 24.4 Å². The first-order chi connectivity index (χ1) is 11.3. The van der Waals surface area contributed by atoms with E-state index in [0.29, 0.717) is 12.2 Å². The number of amides is 3. The van der Waals surface area contributed by atoms with E-state index in [-0.39, 0.29) is 6.61 Å². The van der Waals surface area contributed by atoms with E-state index < -0.39 is 30.0 Å². The topological polar surface area (TPSA) is 84.9 Å². The van der Waals surface area contributed by atoms with Crippen LogP contribution in [0.2, 0.25) is 0 Å². The molecule has 8 heteroatoms. The molecular weight excluding hydrogens is 380 g/mol. The number of halogens is 1. The fourth-order valence-corrected chi connectivity index (χ4v) is 2.86. The standard InChI is InChI=1S/C16H19BrN2O5/c1-4-16(2)14(21)19(15(22)18-16)8-13(20)24-9-10-5-6-12(23-3)11(17)7-10/h5-7H,4,8-9H2,1-3H3,(H,18,22)/t16-/m0/s1. The molecule has 1 fully saturated rings. The molecule has 2 rings (SSSR count). The molecule has 0 radical (unpaired) electrons. The van der Waals surface area contributed by atoms with Crippen molar-refractivity contribution in [3.63, 3.8) is 0 Å². The maximum absolute atomic E-state index is 12.2. The molecule has 1 aromatic carbocycles. The van der Waals surface area contributed by atoms with E-state index in [1.54, 1.807) is 39.2 Å². The largest absolute Gasteiger partial charge is 0.496 e. The quantitative estimate of drug-likeness (QED) is 0.586. The van der Waals surface area contributed by atoms with E-state index in [1.165, 1.54) is 0 Å². The molecule has 1 N–H and O–H groups in total. The van der Waals surface area contributed by atoms with Crippen LogP contribution < -0.4 is 10.1 Å². The van der Waals surface area contributed by atoms with Crippen molar-refractivity contribution in [2.75, 3.05) is 13.7 Å². The Morgan fingerprint density at radius 2 is 2.08 bits per heavy atom. The number of methoxy groups -OCH3 is 1. The number of nitrogens with zero attached hydrogens (tertiary/aromatic N) is 1. The molecule has 24 heavy (non-hydrogen) atoms. The molecule has 1 atom stereocenters. The Balaban J connectivity index is 1.93. The van der Waals surface area contributed by atoms with E-state index in [2.05, 4.69) is 21.2 Å². The Morgan fingerprint density at radius 1 is 1.38 bits per heavy atom. The normalized spacial score (nSPS) is 20.1. The number of carbonyl (C=O) groups excluding carboxylic acids is 3. The van der Waals surface area contributed by atoms with E-state index in [4.69, 9.17) is 9.47 Å². The number of esters is 1. The van der Waals surface area contributed by atoms with Crippen molar-refractivity contribution < 1.29 is 23.9 Å². The molecule has 0 bridgehead atoms. The summed E-state index contributed by atoms with van der Waals surface area (Å²) in [4.78, 5) is 36.9. The van der Waals surface area contributed by atoms with Crippen molar-refractivity contribution in [1.29, 1.82) is 0 Å². The Bertz CT molecular complexity index is 678. The van der Waals surface area contributed by atoms with Gasteiger partial charge < -0.3 is 14.8 Å². The zero-order chi connectivity index (χ0) is 17.9. The lowest BCUT2D eigenvalue weighted by atomic mass is 9.99. The highest BCUT2D eigenvalue weighted by molar-refractivity contribution is 9.10. The summed E-state index contributed by atoms with van der Waals surface area (Å²) in [6.07, 6.45) is 0.447. The van der Waals surface area contributed by atoms with Crippen molar-refractivity contribution in [2.45, 2.75) is 32.4 Å². The summed E-state index contributed by atoms with van der Waals surface area (Å²) in [7, 11) is 1.56. The molecule has 0 unspecified atom stereocenters. The van der Waals surface area contributed by atoms with Gasteiger partial charge in [-0.15, -0.1) is 0 Å². The fourth-order valence-electron chi connectivity index (χ4n) is 2.27. The molecule has 130 valence electrons. The maximum Gasteiger partial charge on any atom is 0.326 e. The number of benzene rings is 1. The highest BCUT2D eigenvalue weighted by Gasteiger charge is 2.47. The molecule has 0 aromatic heterocycles. The number of ether oxygens (including phenoxy) is 2. The molecule has 0 aliphatic carbocycles. The van der Waals surface area contributed by atoms with Crippen LogP contribution in [-0.2, 0) is 20.9 Å². The summed E-state index contributed by atoms with van der Waals surface area (Å²) in [5, 5.41) is 2.59. The predicted octanol–water partition coefficient (Wildman–Crippen LogP) is 2.22. The van der Waals surface area contributed by atoms with Crippen LogP contribution in [0.1, 0.15) is 25.8 Å². The predicted molar refractivity (Wildman–Crippen MR) is 89.4 cm³/mol. The number of hydrogen-bond acceptors (Lipinski definition) is 5. The molecule has 0 saturated carbocycles. The SMILES string of the molecule is CC[C@]1(C)NC(=O)N(CC(=O)OCc2ccc(OC)c(Br)c2)C1=O. The lowest BCUT2D eigenvalue weighted by Gasteiger charge is -2.18. The van der Waals surface area contributed by atoms with Gasteiger partial charge in [-0.1, -0.05) is 13.0 Å². The second-order valence-corrected chi connectivity index (χ2v) is 6.49. The molecule has 1 aromatic rings. The van der Waals surface area contributed by atoms with E-state index in [9.17, 15) is 14.4 Å². The zero-order valence-electron chi connectivity index (χ0n) is 13.7. The molecule has 3 amide bonds. The Kier molecular flexibility index (Phi) is 5.48. The van der Waals surface area contributed by atoms with E-state index in [1.807, 2.05) is 0 Å². The maximum atomic E-state index is 12.2. The Hall–Kier alpha value is -2.09. The number of nitrogens with one attached hydrogen (secondary N) is 1. The average Bonchev–Trinajstić information content (AvgIpc) is 2.77. The summed E-state index contributed by atoms with van der Waals surface area (Å²) < 4.78 is 11.0. The van der Waals surface area contributed by atoms with Gasteiger partial charge in [0.25, 0.3) is 5.91 Å².